The number of halogens is 1. The van der Waals surface area contributed by atoms with Gasteiger partial charge in [-0.2, -0.15) is 10.1 Å². The summed E-state index contributed by atoms with van der Waals surface area (Å²) in [6.07, 6.45) is 0.570. The average molecular weight is 410 g/mol. The highest BCUT2D eigenvalue weighted by atomic mass is 35.5. The van der Waals surface area contributed by atoms with E-state index in [1.54, 1.807) is 24.3 Å². The highest BCUT2D eigenvalue weighted by Crippen LogP contribution is 2.19. The summed E-state index contributed by atoms with van der Waals surface area (Å²) in [4.78, 5) is 28.8. The van der Waals surface area contributed by atoms with Crippen LogP contribution in [-0.2, 0) is 9.59 Å². The van der Waals surface area contributed by atoms with Crippen LogP contribution in [-0.4, -0.2) is 39.2 Å². The van der Waals surface area contributed by atoms with Gasteiger partial charge in [0.1, 0.15) is 12.3 Å². The molecule has 0 aliphatic carbocycles. The monoisotopic (exact) mass is 409 g/mol. The van der Waals surface area contributed by atoms with Crippen LogP contribution in [0.4, 0.5) is 5.69 Å². The SMILES string of the molecule is O=C(CN1N=C(c2nc(-c3ccccc3)no2)CCC1=O)Nc1ccc(Cl)cc1. The van der Waals surface area contributed by atoms with Gasteiger partial charge in [0.2, 0.25) is 17.6 Å². The Hall–Kier alpha value is -3.52. The molecule has 0 unspecified atom stereocenters. The van der Waals surface area contributed by atoms with Crippen LogP contribution >= 0.6 is 11.6 Å². The number of aromatic nitrogens is 2. The minimum Gasteiger partial charge on any atom is -0.332 e. The van der Waals surface area contributed by atoms with Crippen molar-refractivity contribution in [3.8, 4) is 11.4 Å². The molecule has 4 rings (SSSR count). The number of carbonyl (C=O) groups excluding carboxylic acids is 2. The molecule has 0 saturated heterocycles. The fourth-order valence-electron chi connectivity index (χ4n) is 2.79. The lowest BCUT2D eigenvalue weighted by Crippen LogP contribution is -2.38. The Kier molecular flexibility index (Phi) is 5.35. The van der Waals surface area contributed by atoms with Gasteiger partial charge in [0.25, 0.3) is 5.89 Å². The summed E-state index contributed by atoms with van der Waals surface area (Å²) in [5.41, 5.74) is 1.87. The number of nitrogens with one attached hydrogen (secondary N) is 1. The first-order valence-electron chi connectivity index (χ1n) is 8.91. The van der Waals surface area contributed by atoms with Crippen LogP contribution in [0, 0.1) is 0 Å². The number of hydrogen-bond acceptors (Lipinski definition) is 6. The second kappa shape index (κ2) is 8.24. The molecular formula is C20H16ClN5O3. The number of hydrazone groups is 1. The lowest BCUT2D eigenvalue weighted by atomic mass is 10.1. The molecule has 1 aliphatic heterocycles. The second-order valence-electron chi connectivity index (χ2n) is 6.34. The molecule has 1 aliphatic rings. The highest BCUT2D eigenvalue weighted by molar-refractivity contribution is 6.30. The fourth-order valence-corrected chi connectivity index (χ4v) is 2.92. The third-order valence-corrected chi connectivity index (χ3v) is 4.48. The van der Waals surface area contributed by atoms with Crippen LogP contribution in [0.1, 0.15) is 18.7 Å². The number of hydrogen-bond donors (Lipinski definition) is 1. The van der Waals surface area contributed by atoms with Crippen molar-refractivity contribution in [3.05, 3.63) is 65.5 Å². The summed E-state index contributed by atoms with van der Waals surface area (Å²) < 4.78 is 5.31. The first kappa shape index (κ1) is 18.8. The summed E-state index contributed by atoms with van der Waals surface area (Å²) in [6.45, 7) is -0.218. The Morgan fingerprint density at radius 3 is 2.62 bits per heavy atom. The predicted molar refractivity (Wildman–Crippen MR) is 107 cm³/mol. The highest BCUT2D eigenvalue weighted by Gasteiger charge is 2.26. The Morgan fingerprint density at radius 1 is 1.10 bits per heavy atom. The van der Waals surface area contributed by atoms with Crippen molar-refractivity contribution in [2.45, 2.75) is 12.8 Å². The summed E-state index contributed by atoms with van der Waals surface area (Å²) >= 11 is 5.83. The van der Waals surface area contributed by atoms with Crippen molar-refractivity contribution < 1.29 is 14.1 Å². The third-order valence-electron chi connectivity index (χ3n) is 4.23. The van der Waals surface area contributed by atoms with Gasteiger partial charge in [-0.3, -0.25) is 9.59 Å². The smallest absolute Gasteiger partial charge is 0.274 e. The Balaban J connectivity index is 1.47. The number of anilines is 1. The zero-order valence-electron chi connectivity index (χ0n) is 15.2. The molecular weight excluding hydrogens is 394 g/mol. The zero-order chi connectivity index (χ0) is 20.2. The molecule has 1 aromatic heterocycles. The van der Waals surface area contributed by atoms with Crippen LogP contribution in [0.15, 0.2) is 64.2 Å². The molecule has 2 aromatic carbocycles. The lowest BCUT2D eigenvalue weighted by Gasteiger charge is -2.21. The van der Waals surface area contributed by atoms with Gasteiger partial charge >= 0.3 is 0 Å². The average Bonchev–Trinajstić information content (AvgIpc) is 3.22. The molecule has 146 valence electrons. The van der Waals surface area contributed by atoms with Crippen molar-refractivity contribution in [2.75, 3.05) is 11.9 Å². The van der Waals surface area contributed by atoms with Crippen molar-refractivity contribution in [3.63, 3.8) is 0 Å². The largest absolute Gasteiger partial charge is 0.332 e. The van der Waals surface area contributed by atoms with Gasteiger partial charge in [-0.15, -0.1) is 0 Å². The molecule has 0 bridgehead atoms. The molecule has 2 heterocycles. The molecule has 8 nitrogen and oxygen atoms in total. The summed E-state index contributed by atoms with van der Waals surface area (Å²) in [7, 11) is 0. The number of rotatable bonds is 5. The molecule has 29 heavy (non-hydrogen) atoms. The molecule has 0 saturated carbocycles. The van der Waals surface area contributed by atoms with Crippen molar-refractivity contribution in [1.82, 2.24) is 15.1 Å². The van der Waals surface area contributed by atoms with Crippen molar-refractivity contribution >= 4 is 34.8 Å². The van der Waals surface area contributed by atoms with Crippen LogP contribution in [0.25, 0.3) is 11.4 Å². The maximum atomic E-state index is 12.3. The molecule has 2 amide bonds. The minimum atomic E-state index is -0.374. The van der Waals surface area contributed by atoms with E-state index in [0.29, 0.717) is 28.7 Å². The van der Waals surface area contributed by atoms with E-state index in [9.17, 15) is 9.59 Å². The number of nitrogens with zero attached hydrogens (tertiary/aromatic N) is 4. The van der Waals surface area contributed by atoms with E-state index in [0.717, 1.165) is 10.6 Å². The van der Waals surface area contributed by atoms with Crippen LogP contribution < -0.4 is 5.32 Å². The van der Waals surface area contributed by atoms with E-state index in [2.05, 4.69) is 20.6 Å². The lowest BCUT2D eigenvalue weighted by molar-refractivity contribution is -0.135. The van der Waals surface area contributed by atoms with Gasteiger partial charge in [0.05, 0.1) is 0 Å². The van der Waals surface area contributed by atoms with Gasteiger partial charge in [-0.25, -0.2) is 5.01 Å². The summed E-state index contributed by atoms with van der Waals surface area (Å²) in [6, 6.07) is 16.1. The standard InChI is InChI=1S/C20H16ClN5O3/c21-14-6-8-15(9-7-14)22-17(27)12-26-18(28)11-10-16(24-26)20-23-19(25-29-20)13-4-2-1-3-5-13/h1-9H,10-12H2,(H,22,27). The predicted octanol–water partition coefficient (Wildman–Crippen LogP) is 3.36. The Labute approximate surface area is 171 Å². The number of benzene rings is 2. The molecule has 9 heteroatoms. The number of carbonyl (C=O) groups is 2. The Morgan fingerprint density at radius 2 is 1.86 bits per heavy atom. The summed E-state index contributed by atoms with van der Waals surface area (Å²) in [5, 5.41) is 12.6. The molecule has 3 aromatic rings. The quantitative estimate of drug-likeness (QED) is 0.696. The zero-order valence-corrected chi connectivity index (χ0v) is 16.0. The van der Waals surface area contributed by atoms with Gasteiger partial charge < -0.3 is 9.84 Å². The van der Waals surface area contributed by atoms with Crippen LogP contribution in [0.3, 0.4) is 0 Å². The first-order valence-corrected chi connectivity index (χ1v) is 9.29. The molecule has 0 spiro atoms. The van der Waals surface area contributed by atoms with Gasteiger partial charge in [0.15, 0.2) is 0 Å². The van der Waals surface area contributed by atoms with E-state index in [4.69, 9.17) is 16.1 Å². The second-order valence-corrected chi connectivity index (χ2v) is 6.78. The van der Waals surface area contributed by atoms with Gasteiger partial charge in [-0.1, -0.05) is 47.1 Å². The topological polar surface area (TPSA) is 101 Å². The van der Waals surface area contributed by atoms with E-state index in [1.807, 2.05) is 30.3 Å². The van der Waals surface area contributed by atoms with E-state index in [1.165, 1.54) is 0 Å². The first-order chi connectivity index (χ1) is 14.1. The van der Waals surface area contributed by atoms with Gasteiger partial charge in [-0.05, 0) is 24.3 Å². The maximum Gasteiger partial charge on any atom is 0.274 e. The molecule has 0 atom stereocenters. The third kappa shape index (κ3) is 4.49. The fraction of sp³-hybridized carbons (Fsp3) is 0.150. The molecule has 1 N–H and O–H groups in total. The van der Waals surface area contributed by atoms with Crippen molar-refractivity contribution in [2.24, 2.45) is 5.10 Å². The summed E-state index contributed by atoms with van der Waals surface area (Å²) in [5.74, 6) is 0.0516. The van der Waals surface area contributed by atoms with Crippen LogP contribution in [0.2, 0.25) is 5.02 Å². The van der Waals surface area contributed by atoms with E-state index in [-0.39, 0.29) is 30.7 Å². The minimum absolute atomic E-state index is 0.204. The molecule has 0 radical (unpaired) electrons. The molecule has 0 fully saturated rings. The Bertz CT molecular complexity index is 1060. The van der Waals surface area contributed by atoms with E-state index < -0.39 is 0 Å². The van der Waals surface area contributed by atoms with E-state index >= 15 is 0 Å². The normalized spacial score (nSPS) is 13.9. The van der Waals surface area contributed by atoms with Gasteiger partial charge in [0, 0.05) is 29.1 Å². The van der Waals surface area contributed by atoms with Crippen LogP contribution in [0.5, 0.6) is 0 Å². The number of amides is 2. The maximum absolute atomic E-state index is 12.3. The van der Waals surface area contributed by atoms with Crippen molar-refractivity contribution in [1.29, 1.82) is 0 Å².